The summed E-state index contributed by atoms with van der Waals surface area (Å²) in [6.45, 7) is 1.45. The maximum absolute atomic E-state index is 12.0. The van der Waals surface area contributed by atoms with Gasteiger partial charge in [0, 0.05) is 3.57 Å². The summed E-state index contributed by atoms with van der Waals surface area (Å²) in [6, 6.07) is 12.3. The van der Waals surface area contributed by atoms with E-state index in [1.54, 1.807) is 30.3 Å². The summed E-state index contributed by atoms with van der Waals surface area (Å²) < 4.78 is 0.789. The Morgan fingerprint density at radius 3 is 2.38 bits per heavy atom. The third-order valence-electron chi connectivity index (χ3n) is 3.37. The Bertz CT molecular complexity index is 842. The van der Waals surface area contributed by atoms with E-state index in [-0.39, 0.29) is 19.0 Å². The highest BCUT2D eigenvalue weighted by molar-refractivity contribution is 14.1. The molecule has 6 nitrogen and oxygen atoms in total. The van der Waals surface area contributed by atoms with E-state index in [0.717, 1.165) is 9.13 Å². The van der Waals surface area contributed by atoms with Crippen LogP contribution in [-0.2, 0) is 9.59 Å². The van der Waals surface area contributed by atoms with Gasteiger partial charge in [-0.15, -0.1) is 0 Å². The smallest absolute Gasteiger partial charge is 0.252 e. The molecule has 0 saturated carbocycles. The van der Waals surface area contributed by atoms with Crippen LogP contribution in [0.2, 0.25) is 5.02 Å². The number of amides is 3. The normalized spacial score (nSPS) is 10.1. The number of nitrogens with one attached hydrogen (secondary N) is 3. The molecular weight excluding hydrogens is 469 g/mol. The van der Waals surface area contributed by atoms with E-state index in [4.69, 9.17) is 11.6 Å². The third-order valence-corrected chi connectivity index (χ3v) is 4.63. The van der Waals surface area contributed by atoms with Gasteiger partial charge in [0.2, 0.25) is 11.8 Å². The maximum atomic E-state index is 12.0. The van der Waals surface area contributed by atoms with Crippen LogP contribution in [0.15, 0.2) is 42.5 Å². The zero-order chi connectivity index (χ0) is 19.1. The van der Waals surface area contributed by atoms with E-state index in [9.17, 15) is 14.4 Å². The van der Waals surface area contributed by atoms with Crippen LogP contribution in [-0.4, -0.2) is 30.8 Å². The molecule has 8 heteroatoms. The van der Waals surface area contributed by atoms with E-state index in [2.05, 4.69) is 16.0 Å². The summed E-state index contributed by atoms with van der Waals surface area (Å²) >= 11 is 8.09. The molecule has 0 unspecified atom stereocenters. The molecule has 0 aliphatic carbocycles. The second-order valence-electron chi connectivity index (χ2n) is 5.47. The van der Waals surface area contributed by atoms with E-state index in [1.165, 1.54) is 0 Å². The summed E-state index contributed by atoms with van der Waals surface area (Å²) in [5.41, 5.74) is 1.95. The van der Waals surface area contributed by atoms with Crippen LogP contribution in [0.3, 0.4) is 0 Å². The molecule has 0 heterocycles. The lowest BCUT2D eigenvalue weighted by molar-refractivity contribution is -0.123. The first-order chi connectivity index (χ1) is 12.4. The number of hydrogen-bond donors (Lipinski definition) is 3. The van der Waals surface area contributed by atoms with E-state index >= 15 is 0 Å². The summed E-state index contributed by atoms with van der Waals surface area (Å²) in [5, 5.41) is 8.01. The molecule has 0 aliphatic heterocycles. The van der Waals surface area contributed by atoms with Gasteiger partial charge < -0.3 is 16.0 Å². The van der Waals surface area contributed by atoms with Crippen LogP contribution < -0.4 is 16.0 Å². The molecule has 0 saturated heterocycles. The van der Waals surface area contributed by atoms with Crippen molar-refractivity contribution in [2.45, 2.75) is 6.92 Å². The zero-order valence-electron chi connectivity index (χ0n) is 13.9. The topological polar surface area (TPSA) is 87.3 Å². The highest BCUT2D eigenvalue weighted by Gasteiger charge is 2.12. The standard InChI is InChI=1S/C18H17ClIN3O3/c1-11-6-7-15(13(19)8-11)23-17(25)10-21-16(24)9-22-18(26)12-4-2-3-5-14(12)20/h2-8H,9-10H2,1H3,(H,21,24)(H,22,26)(H,23,25). The fraction of sp³-hybridized carbons (Fsp3) is 0.167. The predicted molar refractivity (Wildman–Crippen MR) is 109 cm³/mol. The van der Waals surface area contributed by atoms with E-state index < -0.39 is 11.8 Å². The number of carbonyl (C=O) groups is 3. The largest absolute Gasteiger partial charge is 0.345 e. The maximum Gasteiger partial charge on any atom is 0.252 e. The Kier molecular flexibility index (Phi) is 7.40. The molecule has 2 aromatic carbocycles. The lowest BCUT2D eigenvalue weighted by Crippen LogP contribution is -2.40. The molecule has 0 spiro atoms. The van der Waals surface area contributed by atoms with E-state index in [1.807, 2.05) is 41.6 Å². The van der Waals surface area contributed by atoms with Crippen molar-refractivity contribution in [2.75, 3.05) is 18.4 Å². The molecule has 2 rings (SSSR count). The predicted octanol–water partition coefficient (Wildman–Crippen LogP) is 2.74. The van der Waals surface area contributed by atoms with Gasteiger partial charge in [-0.25, -0.2) is 0 Å². The van der Waals surface area contributed by atoms with Gasteiger partial charge in [0.15, 0.2) is 0 Å². The van der Waals surface area contributed by atoms with E-state index in [0.29, 0.717) is 16.3 Å². The fourth-order valence-electron chi connectivity index (χ4n) is 2.06. The number of carbonyl (C=O) groups excluding carboxylic acids is 3. The van der Waals surface area contributed by atoms with Crippen molar-refractivity contribution in [2.24, 2.45) is 0 Å². The van der Waals surface area contributed by atoms with Gasteiger partial charge in [0.05, 0.1) is 29.4 Å². The van der Waals surface area contributed by atoms with Gasteiger partial charge in [-0.3, -0.25) is 14.4 Å². The average molecular weight is 486 g/mol. The van der Waals surface area contributed by atoms with Gasteiger partial charge in [0.25, 0.3) is 5.91 Å². The molecule has 0 bridgehead atoms. The van der Waals surface area contributed by atoms with Gasteiger partial charge >= 0.3 is 0 Å². The second kappa shape index (κ2) is 9.54. The van der Waals surface area contributed by atoms with Gasteiger partial charge in [-0.05, 0) is 59.3 Å². The molecule has 2 aromatic rings. The highest BCUT2D eigenvalue weighted by Crippen LogP contribution is 2.22. The van der Waals surface area contributed by atoms with Crippen LogP contribution in [0.5, 0.6) is 0 Å². The average Bonchev–Trinajstić information content (AvgIpc) is 2.60. The molecule has 136 valence electrons. The molecule has 0 radical (unpaired) electrons. The minimum Gasteiger partial charge on any atom is -0.345 e. The SMILES string of the molecule is Cc1ccc(NC(=O)CNC(=O)CNC(=O)c2ccccc2I)c(Cl)c1. The zero-order valence-corrected chi connectivity index (χ0v) is 16.8. The van der Waals surface area contributed by atoms with Crippen molar-refractivity contribution in [1.82, 2.24) is 10.6 Å². The Hall–Kier alpha value is -2.13. The number of aryl methyl sites for hydroxylation is 1. The summed E-state index contributed by atoms with van der Waals surface area (Å²) in [5.74, 6) is -1.22. The third kappa shape index (κ3) is 5.99. The monoisotopic (exact) mass is 485 g/mol. The van der Waals surface area contributed by atoms with Crippen LogP contribution in [0.4, 0.5) is 5.69 Å². The minimum atomic E-state index is -0.463. The molecule has 0 fully saturated rings. The fourth-order valence-corrected chi connectivity index (χ4v) is 2.97. The molecule has 0 aromatic heterocycles. The summed E-state index contributed by atoms with van der Waals surface area (Å²) in [7, 11) is 0. The minimum absolute atomic E-state index is 0.220. The van der Waals surface area contributed by atoms with Crippen molar-refractivity contribution in [1.29, 1.82) is 0 Å². The molecule has 0 aliphatic rings. The first kappa shape index (κ1) is 20.2. The second-order valence-corrected chi connectivity index (χ2v) is 7.04. The van der Waals surface area contributed by atoms with Crippen LogP contribution in [0.1, 0.15) is 15.9 Å². The summed E-state index contributed by atoms with van der Waals surface area (Å²) in [6.07, 6.45) is 0. The van der Waals surface area contributed by atoms with Crippen LogP contribution in [0.25, 0.3) is 0 Å². The van der Waals surface area contributed by atoms with Crippen molar-refractivity contribution >= 4 is 57.6 Å². The number of benzene rings is 2. The van der Waals surface area contributed by atoms with Gasteiger partial charge in [-0.2, -0.15) is 0 Å². The Morgan fingerprint density at radius 1 is 1.00 bits per heavy atom. The van der Waals surface area contributed by atoms with Crippen molar-refractivity contribution < 1.29 is 14.4 Å². The number of rotatable bonds is 6. The number of anilines is 1. The van der Waals surface area contributed by atoms with Crippen LogP contribution >= 0.6 is 34.2 Å². The highest BCUT2D eigenvalue weighted by atomic mass is 127. The molecular formula is C18H17ClIN3O3. The Morgan fingerprint density at radius 2 is 1.69 bits per heavy atom. The summed E-state index contributed by atoms with van der Waals surface area (Å²) in [4.78, 5) is 35.7. The van der Waals surface area contributed by atoms with Gasteiger partial charge in [-0.1, -0.05) is 29.8 Å². The number of halogens is 2. The number of hydrogen-bond acceptors (Lipinski definition) is 3. The van der Waals surface area contributed by atoms with Gasteiger partial charge in [0.1, 0.15) is 0 Å². The lowest BCUT2D eigenvalue weighted by atomic mass is 10.2. The molecule has 3 amide bonds. The quantitative estimate of drug-likeness (QED) is 0.550. The van der Waals surface area contributed by atoms with Crippen molar-refractivity contribution in [3.8, 4) is 0 Å². The van der Waals surface area contributed by atoms with Crippen LogP contribution in [0, 0.1) is 10.5 Å². The molecule has 3 N–H and O–H groups in total. The Labute approximate surface area is 169 Å². The first-order valence-corrected chi connectivity index (χ1v) is 9.18. The Balaban J connectivity index is 1.77. The molecule has 0 atom stereocenters. The lowest BCUT2D eigenvalue weighted by Gasteiger charge is -2.10. The molecule has 26 heavy (non-hydrogen) atoms. The van der Waals surface area contributed by atoms with Crippen molar-refractivity contribution in [3.63, 3.8) is 0 Å². The first-order valence-electron chi connectivity index (χ1n) is 7.72. The van der Waals surface area contributed by atoms with Crippen molar-refractivity contribution in [3.05, 3.63) is 62.2 Å².